The van der Waals surface area contributed by atoms with Crippen LogP contribution in [0.4, 0.5) is 0 Å². The minimum atomic E-state index is -0.484. The number of methoxy groups -OCH3 is 1. The molecule has 8 nitrogen and oxygen atoms in total. The van der Waals surface area contributed by atoms with Gasteiger partial charge in [-0.1, -0.05) is 56.3 Å². The number of hydrogen-bond donors (Lipinski definition) is 1. The molecule has 0 saturated carbocycles. The van der Waals surface area contributed by atoms with Gasteiger partial charge in [0.2, 0.25) is 5.17 Å². The maximum absolute atomic E-state index is 12.8. The third kappa shape index (κ3) is 7.42. The van der Waals surface area contributed by atoms with Crippen molar-refractivity contribution in [2.75, 3.05) is 20.3 Å². The zero-order valence-corrected chi connectivity index (χ0v) is 24.0. The maximum atomic E-state index is 12.8. The molecule has 0 unspecified atom stereocenters. The van der Waals surface area contributed by atoms with Crippen molar-refractivity contribution in [3.05, 3.63) is 58.1 Å². The maximum Gasteiger partial charge on any atom is 0.283 e. The van der Waals surface area contributed by atoms with Gasteiger partial charge in [-0.25, -0.2) is 0 Å². The third-order valence-electron chi connectivity index (χ3n) is 6.14. The third-order valence-corrected chi connectivity index (χ3v) is 7.39. The molecule has 2 aliphatic heterocycles. The Morgan fingerprint density at radius 2 is 1.90 bits per heavy atom. The Morgan fingerprint density at radius 1 is 1.10 bits per heavy atom. The second-order valence-electron chi connectivity index (χ2n) is 9.23. The molecule has 39 heavy (non-hydrogen) atoms. The van der Waals surface area contributed by atoms with Crippen LogP contribution in [-0.4, -0.2) is 47.3 Å². The van der Waals surface area contributed by atoms with E-state index in [4.69, 9.17) is 31.2 Å². The summed E-state index contributed by atoms with van der Waals surface area (Å²) in [4.78, 5) is 17.0. The number of unbranched alkanes of at least 4 members (excludes halogenated alkanes) is 4. The summed E-state index contributed by atoms with van der Waals surface area (Å²) in [5.41, 5.74) is 1.83. The molecule has 2 aromatic rings. The molecule has 0 atom stereocenters. The summed E-state index contributed by atoms with van der Waals surface area (Å²) in [6, 6.07) is 11.2. The van der Waals surface area contributed by atoms with Crippen molar-refractivity contribution < 1.29 is 19.0 Å². The van der Waals surface area contributed by atoms with E-state index in [1.54, 1.807) is 18.2 Å². The predicted octanol–water partition coefficient (Wildman–Crippen LogP) is 7.09. The molecule has 0 spiro atoms. The Bertz CT molecular complexity index is 1320. The van der Waals surface area contributed by atoms with Gasteiger partial charge in [0.25, 0.3) is 5.91 Å². The molecule has 0 bridgehead atoms. The topological polar surface area (TPSA) is 96.6 Å². The minimum absolute atomic E-state index is 0.0119. The number of fused-ring (bicyclic) bond motifs is 1. The largest absolute Gasteiger partial charge is 0.493 e. The lowest BCUT2D eigenvalue weighted by Gasteiger charge is -2.20. The number of nitrogens with zero attached hydrogens (tertiary/aromatic N) is 3. The van der Waals surface area contributed by atoms with E-state index >= 15 is 0 Å². The number of hydrazone groups is 1. The highest BCUT2D eigenvalue weighted by Crippen LogP contribution is 2.38. The number of aliphatic imine (C=N–C) groups is 1. The number of aryl methyl sites for hydroxylation is 1. The van der Waals surface area contributed by atoms with Gasteiger partial charge in [0.05, 0.1) is 17.7 Å². The molecule has 0 aliphatic carbocycles. The Hall–Kier alpha value is -3.30. The number of carbonyl (C=O) groups is 1. The molecule has 206 valence electrons. The van der Waals surface area contributed by atoms with E-state index in [0.717, 1.165) is 35.6 Å². The zero-order valence-electron chi connectivity index (χ0n) is 22.5. The number of carbonyl (C=O) groups excluding carboxylic acids is 1. The fourth-order valence-electron chi connectivity index (χ4n) is 4.15. The number of benzene rings is 2. The van der Waals surface area contributed by atoms with Gasteiger partial charge in [-0.2, -0.15) is 15.1 Å². The van der Waals surface area contributed by atoms with Gasteiger partial charge in [-0.15, -0.1) is 0 Å². The Kier molecular flexibility index (Phi) is 10.1. The number of thioether (sulfide) groups is 1. The molecule has 0 fully saturated rings. The summed E-state index contributed by atoms with van der Waals surface area (Å²) >= 11 is 7.89. The molecule has 0 aromatic heterocycles. The van der Waals surface area contributed by atoms with Gasteiger partial charge >= 0.3 is 0 Å². The van der Waals surface area contributed by atoms with Crippen molar-refractivity contribution in [2.45, 2.75) is 52.4 Å². The van der Waals surface area contributed by atoms with Crippen LogP contribution in [0.2, 0.25) is 5.02 Å². The summed E-state index contributed by atoms with van der Waals surface area (Å²) in [5, 5.41) is 16.2. The molecule has 0 saturated heterocycles. The first-order valence-corrected chi connectivity index (χ1v) is 14.3. The number of amidine groups is 2. The van der Waals surface area contributed by atoms with Crippen LogP contribution in [0.5, 0.6) is 17.2 Å². The predicted molar refractivity (Wildman–Crippen MR) is 159 cm³/mol. The van der Waals surface area contributed by atoms with Crippen LogP contribution in [0.25, 0.3) is 6.08 Å². The first-order chi connectivity index (χ1) is 18.9. The first-order valence-electron chi connectivity index (χ1n) is 13.1. The number of hydrogen-bond acceptors (Lipinski definition) is 7. The van der Waals surface area contributed by atoms with Crippen LogP contribution in [0.15, 0.2) is 52.1 Å². The van der Waals surface area contributed by atoms with Gasteiger partial charge in [0.1, 0.15) is 24.0 Å². The van der Waals surface area contributed by atoms with Crippen LogP contribution in [0.3, 0.4) is 0 Å². The van der Waals surface area contributed by atoms with Crippen molar-refractivity contribution in [1.29, 1.82) is 5.41 Å². The number of ether oxygens (including phenoxy) is 3. The number of rotatable bonds is 13. The molecule has 2 aromatic carbocycles. The summed E-state index contributed by atoms with van der Waals surface area (Å²) in [5.74, 6) is 1.06. The van der Waals surface area contributed by atoms with E-state index in [-0.39, 0.29) is 18.0 Å². The van der Waals surface area contributed by atoms with Crippen molar-refractivity contribution >= 4 is 51.4 Å². The van der Waals surface area contributed by atoms with Gasteiger partial charge in [-0.05, 0) is 73.0 Å². The minimum Gasteiger partial charge on any atom is -0.493 e. The Balaban J connectivity index is 1.42. The molecule has 1 amide bonds. The summed E-state index contributed by atoms with van der Waals surface area (Å²) in [6.07, 6.45) is 8.20. The van der Waals surface area contributed by atoms with Crippen molar-refractivity contribution in [1.82, 2.24) is 5.01 Å². The second-order valence-corrected chi connectivity index (χ2v) is 10.7. The highest BCUT2D eigenvalue weighted by atomic mass is 35.5. The second kappa shape index (κ2) is 13.7. The fraction of sp³-hybridized carbons (Fsp3) is 0.379. The van der Waals surface area contributed by atoms with Crippen LogP contribution in [-0.2, 0) is 4.79 Å². The highest BCUT2D eigenvalue weighted by molar-refractivity contribution is 8.26. The van der Waals surface area contributed by atoms with Crippen LogP contribution < -0.4 is 14.2 Å². The Morgan fingerprint density at radius 3 is 2.67 bits per heavy atom. The van der Waals surface area contributed by atoms with Crippen molar-refractivity contribution in [3.8, 4) is 17.2 Å². The molecule has 2 heterocycles. The average molecular weight is 569 g/mol. The van der Waals surface area contributed by atoms with Crippen molar-refractivity contribution in [3.63, 3.8) is 0 Å². The van der Waals surface area contributed by atoms with Crippen LogP contribution in [0, 0.1) is 12.3 Å². The van der Waals surface area contributed by atoms with Gasteiger partial charge in [0, 0.05) is 0 Å². The monoisotopic (exact) mass is 568 g/mol. The van der Waals surface area contributed by atoms with Gasteiger partial charge in [0.15, 0.2) is 17.3 Å². The number of halogens is 1. The molecule has 2 aliphatic rings. The SMILES string of the molecule is CCCCCCCC1=NN2C(=N)/C(=C/c3cc(Cl)c(OCCOc4cccc(C)c4)c(OC)c3)C(=O)N=C2S1. The zero-order chi connectivity index (χ0) is 27.8. The van der Waals surface area contributed by atoms with E-state index in [1.807, 2.05) is 31.2 Å². The smallest absolute Gasteiger partial charge is 0.283 e. The molecule has 0 radical (unpaired) electrons. The van der Waals surface area contributed by atoms with Gasteiger partial charge in [-0.3, -0.25) is 10.2 Å². The van der Waals surface area contributed by atoms with Crippen LogP contribution in [0.1, 0.15) is 56.6 Å². The van der Waals surface area contributed by atoms with E-state index in [9.17, 15) is 4.79 Å². The van der Waals surface area contributed by atoms with Crippen LogP contribution >= 0.6 is 23.4 Å². The lowest BCUT2D eigenvalue weighted by Crippen LogP contribution is -2.35. The van der Waals surface area contributed by atoms with Gasteiger partial charge < -0.3 is 14.2 Å². The molecule has 1 N–H and O–H groups in total. The lowest BCUT2D eigenvalue weighted by atomic mass is 10.1. The quantitative estimate of drug-likeness (QED) is 0.204. The number of nitrogens with one attached hydrogen (secondary N) is 1. The highest BCUT2D eigenvalue weighted by Gasteiger charge is 2.35. The van der Waals surface area contributed by atoms with E-state index in [2.05, 4.69) is 17.0 Å². The van der Waals surface area contributed by atoms with E-state index in [1.165, 1.54) is 43.1 Å². The standard InChI is InChI=1S/C29H33ClN4O4S/c1-4-5-6-7-8-12-25-33-34-27(31)22(28(35)32-29(34)39-25)16-20-17-23(30)26(24(18-20)36-3)38-14-13-37-21-11-9-10-19(2)15-21/h9-11,15-18,31H,4-8,12-14H2,1-3H3/b22-16-,31-27?. The fourth-order valence-corrected chi connectivity index (χ4v) is 5.35. The normalized spacial score (nSPS) is 15.8. The molecular weight excluding hydrogens is 536 g/mol. The summed E-state index contributed by atoms with van der Waals surface area (Å²) in [6.45, 7) is 4.78. The molecule has 10 heteroatoms. The average Bonchev–Trinajstić information content (AvgIpc) is 3.32. The van der Waals surface area contributed by atoms with Crippen molar-refractivity contribution in [2.24, 2.45) is 10.1 Å². The molecule has 4 rings (SSSR count). The lowest BCUT2D eigenvalue weighted by molar-refractivity contribution is -0.114. The van der Waals surface area contributed by atoms with E-state index in [0.29, 0.717) is 33.9 Å². The first kappa shape index (κ1) is 28.7. The van der Waals surface area contributed by atoms with E-state index < -0.39 is 5.91 Å². The Labute approximate surface area is 238 Å². The summed E-state index contributed by atoms with van der Waals surface area (Å²) in [7, 11) is 1.52. The molecular formula is C29H33ClN4O4S. The number of amides is 1. The summed E-state index contributed by atoms with van der Waals surface area (Å²) < 4.78 is 17.1.